The van der Waals surface area contributed by atoms with Crippen LogP contribution in [-0.2, 0) is 0 Å². The normalized spacial score (nSPS) is 12.2. The Labute approximate surface area is 89.6 Å². The summed E-state index contributed by atoms with van der Waals surface area (Å²) in [7, 11) is 1.51. The molecule has 0 aliphatic rings. The van der Waals surface area contributed by atoms with E-state index in [-0.39, 0.29) is 11.9 Å². The Morgan fingerprint density at radius 3 is 2.87 bits per heavy atom. The summed E-state index contributed by atoms with van der Waals surface area (Å²) in [5, 5.41) is 0. The highest BCUT2D eigenvalue weighted by atomic mass is 19.1. The third-order valence-corrected chi connectivity index (χ3v) is 2.29. The molecule has 0 aliphatic carbocycles. The van der Waals surface area contributed by atoms with Crippen LogP contribution in [0.3, 0.4) is 0 Å². The second kappa shape index (κ2) is 5.51. The maximum Gasteiger partial charge on any atom is 0.131 e. The van der Waals surface area contributed by atoms with Gasteiger partial charge in [0, 0.05) is 17.7 Å². The lowest BCUT2D eigenvalue weighted by Gasteiger charge is -2.12. The highest BCUT2D eigenvalue weighted by Gasteiger charge is 2.11. The molecule has 1 atom stereocenters. The Morgan fingerprint density at radius 1 is 1.60 bits per heavy atom. The van der Waals surface area contributed by atoms with E-state index in [1.165, 1.54) is 13.2 Å². The van der Waals surface area contributed by atoms with Gasteiger partial charge in [-0.05, 0) is 18.9 Å². The third-order valence-electron chi connectivity index (χ3n) is 2.29. The number of hydrogen-bond donors (Lipinski definition) is 1. The van der Waals surface area contributed by atoms with Gasteiger partial charge in [0.2, 0.25) is 0 Å². The summed E-state index contributed by atoms with van der Waals surface area (Å²) in [4.78, 5) is 0. The van der Waals surface area contributed by atoms with Crippen molar-refractivity contribution in [2.75, 3.05) is 7.11 Å². The minimum Gasteiger partial charge on any atom is -0.497 e. The van der Waals surface area contributed by atoms with Gasteiger partial charge in [0.15, 0.2) is 0 Å². The van der Waals surface area contributed by atoms with Crippen LogP contribution < -0.4 is 10.5 Å². The van der Waals surface area contributed by atoms with Crippen molar-refractivity contribution in [1.29, 1.82) is 0 Å². The quantitative estimate of drug-likeness (QED) is 0.757. The van der Waals surface area contributed by atoms with Gasteiger partial charge in [-0.3, -0.25) is 0 Å². The van der Waals surface area contributed by atoms with Gasteiger partial charge in [-0.15, -0.1) is 6.58 Å². The maximum absolute atomic E-state index is 13.5. The number of hydrogen-bond acceptors (Lipinski definition) is 2. The van der Waals surface area contributed by atoms with E-state index in [2.05, 4.69) is 6.58 Å². The average Bonchev–Trinajstić information content (AvgIpc) is 2.25. The van der Waals surface area contributed by atoms with E-state index >= 15 is 0 Å². The Morgan fingerprint density at radius 2 is 2.33 bits per heavy atom. The summed E-state index contributed by atoms with van der Waals surface area (Å²) in [6.45, 7) is 3.61. The molecule has 3 heteroatoms. The van der Waals surface area contributed by atoms with Gasteiger partial charge in [-0.1, -0.05) is 12.1 Å². The zero-order valence-electron chi connectivity index (χ0n) is 8.87. The Balaban J connectivity index is 2.80. The molecular weight excluding hydrogens is 193 g/mol. The molecule has 1 rings (SSSR count). The van der Waals surface area contributed by atoms with E-state index < -0.39 is 0 Å². The zero-order chi connectivity index (χ0) is 11.3. The van der Waals surface area contributed by atoms with Crippen LogP contribution in [0.15, 0.2) is 30.9 Å². The van der Waals surface area contributed by atoms with Gasteiger partial charge in [-0.25, -0.2) is 4.39 Å². The van der Waals surface area contributed by atoms with Gasteiger partial charge in [-0.2, -0.15) is 0 Å². The van der Waals surface area contributed by atoms with Crippen LogP contribution in [0, 0.1) is 5.82 Å². The zero-order valence-corrected chi connectivity index (χ0v) is 8.87. The van der Waals surface area contributed by atoms with Gasteiger partial charge in [0.05, 0.1) is 7.11 Å². The lowest BCUT2D eigenvalue weighted by Crippen LogP contribution is -2.11. The SMILES string of the molecule is C=CCC[C@@H](N)c1ccc(OC)cc1F. The van der Waals surface area contributed by atoms with Crippen molar-refractivity contribution in [2.24, 2.45) is 5.73 Å². The van der Waals surface area contributed by atoms with Crippen LogP contribution in [0.2, 0.25) is 0 Å². The minimum atomic E-state index is -0.314. The number of nitrogens with two attached hydrogens (primary N) is 1. The molecule has 1 aromatic carbocycles. The molecule has 0 amide bonds. The van der Waals surface area contributed by atoms with Crippen LogP contribution in [0.1, 0.15) is 24.4 Å². The van der Waals surface area contributed by atoms with Crippen LogP contribution >= 0.6 is 0 Å². The van der Waals surface area contributed by atoms with Gasteiger partial charge < -0.3 is 10.5 Å². The molecule has 2 N–H and O–H groups in total. The fourth-order valence-electron chi connectivity index (χ4n) is 1.39. The van der Waals surface area contributed by atoms with Crippen molar-refractivity contribution in [3.05, 3.63) is 42.2 Å². The van der Waals surface area contributed by atoms with Crippen molar-refractivity contribution >= 4 is 0 Å². The van der Waals surface area contributed by atoms with E-state index in [0.717, 1.165) is 6.42 Å². The molecule has 0 spiro atoms. The largest absolute Gasteiger partial charge is 0.497 e. The lowest BCUT2D eigenvalue weighted by atomic mass is 10.0. The number of allylic oxidation sites excluding steroid dienone is 1. The van der Waals surface area contributed by atoms with Crippen LogP contribution in [0.5, 0.6) is 5.75 Å². The van der Waals surface area contributed by atoms with Gasteiger partial charge in [0.25, 0.3) is 0 Å². The first-order chi connectivity index (χ1) is 7.19. The monoisotopic (exact) mass is 209 g/mol. The molecule has 0 radical (unpaired) electrons. The topological polar surface area (TPSA) is 35.2 Å². The van der Waals surface area contributed by atoms with Crippen molar-refractivity contribution in [2.45, 2.75) is 18.9 Å². The second-order valence-corrected chi connectivity index (χ2v) is 3.36. The van der Waals surface area contributed by atoms with Crippen molar-refractivity contribution in [3.8, 4) is 5.75 Å². The maximum atomic E-state index is 13.5. The van der Waals surface area contributed by atoms with E-state index in [4.69, 9.17) is 10.5 Å². The molecule has 1 aromatic rings. The molecule has 0 aliphatic heterocycles. The number of halogens is 1. The molecule has 82 valence electrons. The number of methoxy groups -OCH3 is 1. The van der Waals surface area contributed by atoms with Gasteiger partial charge >= 0.3 is 0 Å². The summed E-state index contributed by atoms with van der Waals surface area (Å²) in [5.74, 6) is 0.193. The van der Waals surface area contributed by atoms with Crippen molar-refractivity contribution in [3.63, 3.8) is 0 Å². The third kappa shape index (κ3) is 3.06. The smallest absolute Gasteiger partial charge is 0.131 e. The van der Waals surface area contributed by atoms with E-state index in [9.17, 15) is 4.39 Å². The number of rotatable bonds is 5. The van der Waals surface area contributed by atoms with E-state index in [1.807, 2.05) is 0 Å². The number of benzene rings is 1. The summed E-state index contributed by atoms with van der Waals surface area (Å²) in [5.41, 5.74) is 6.37. The highest BCUT2D eigenvalue weighted by Crippen LogP contribution is 2.23. The highest BCUT2D eigenvalue weighted by molar-refractivity contribution is 5.30. The lowest BCUT2D eigenvalue weighted by molar-refractivity contribution is 0.410. The molecule has 0 saturated carbocycles. The molecule has 15 heavy (non-hydrogen) atoms. The molecule has 0 saturated heterocycles. The van der Waals surface area contributed by atoms with Crippen LogP contribution in [-0.4, -0.2) is 7.11 Å². The fraction of sp³-hybridized carbons (Fsp3) is 0.333. The number of ether oxygens (including phenoxy) is 1. The minimum absolute atomic E-state index is 0.283. The van der Waals surface area contributed by atoms with Crippen molar-refractivity contribution < 1.29 is 9.13 Å². The first-order valence-electron chi connectivity index (χ1n) is 4.89. The summed E-state index contributed by atoms with van der Waals surface area (Å²) in [6, 6.07) is 4.45. The summed E-state index contributed by atoms with van der Waals surface area (Å²) >= 11 is 0. The predicted octanol–water partition coefficient (Wildman–Crippen LogP) is 2.80. The van der Waals surface area contributed by atoms with E-state index in [1.54, 1.807) is 18.2 Å². The molecule has 2 nitrogen and oxygen atoms in total. The molecule has 0 fully saturated rings. The average molecular weight is 209 g/mol. The predicted molar refractivity (Wildman–Crippen MR) is 59.3 cm³/mol. The fourth-order valence-corrected chi connectivity index (χ4v) is 1.39. The molecule has 0 aromatic heterocycles. The van der Waals surface area contributed by atoms with E-state index in [0.29, 0.717) is 17.7 Å². The van der Waals surface area contributed by atoms with Crippen LogP contribution in [0.4, 0.5) is 4.39 Å². The summed E-state index contributed by atoms with van der Waals surface area (Å²) in [6.07, 6.45) is 3.26. The first-order valence-corrected chi connectivity index (χ1v) is 4.89. The first kappa shape index (κ1) is 11.7. The van der Waals surface area contributed by atoms with Crippen LogP contribution in [0.25, 0.3) is 0 Å². The Hall–Kier alpha value is -1.35. The molecule has 0 heterocycles. The Bertz CT molecular complexity index is 338. The Kier molecular flexibility index (Phi) is 4.31. The van der Waals surface area contributed by atoms with Crippen molar-refractivity contribution in [1.82, 2.24) is 0 Å². The summed E-state index contributed by atoms with van der Waals surface area (Å²) < 4.78 is 18.4. The molecular formula is C12H16FNO. The van der Waals surface area contributed by atoms with Gasteiger partial charge in [0.1, 0.15) is 11.6 Å². The molecule has 0 unspecified atom stereocenters. The molecule has 0 bridgehead atoms. The standard InChI is InChI=1S/C12H16FNO/c1-3-4-5-12(14)10-7-6-9(15-2)8-11(10)13/h3,6-8,12H,1,4-5,14H2,2H3/t12-/m1/s1. The second-order valence-electron chi connectivity index (χ2n) is 3.36.